The van der Waals surface area contributed by atoms with Gasteiger partial charge in [0, 0.05) is 22.5 Å². The standard InChI is InChI=1S/C13H17N3O2S2/c1-9-12(5-4-6-15-9)16-20(17,18)13-7-11(8-14-3)19-10(13)2/h4-7,14,16H,8H2,1-3H3. The van der Waals surface area contributed by atoms with Gasteiger partial charge in [0.05, 0.1) is 11.4 Å². The van der Waals surface area contributed by atoms with E-state index in [-0.39, 0.29) is 0 Å². The molecule has 2 heterocycles. The molecule has 0 aliphatic carbocycles. The molecule has 108 valence electrons. The number of rotatable bonds is 5. The van der Waals surface area contributed by atoms with Crippen LogP contribution in [-0.4, -0.2) is 20.4 Å². The lowest BCUT2D eigenvalue weighted by Gasteiger charge is -2.09. The van der Waals surface area contributed by atoms with E-state index in [4.69, 9.17) is 0 Å². The van der Waals surface area contributed by atoms with E-state index in [9.17, 15) is 8.42 Å². The Labute approximate surface area is 123 Å². The Kier molecular flexibility index (Phi) is 4.42. The second-order valence-corrected chi connectivity index (χ2v) is 7.40. The molecule has 2 rings (SSSR count). The third-order valence-electron chi connectivity index (χ3n) is 2.82. The molecule has 0 aliphatic rings. The average Bonchev–Trinajstić information content (AvgIpc) is 2.74. The van der Waals surface area contributed by atoms with Crippen LogP contribution in [0.3, 0.4) is 0 Å². The normalized spacial score (nSPS) is 11.6. The Balaban J connectivity index is 2.33. The van der Waals surface area contributed by atoms with Crippen LogP contribution in [0.25, 0.3) is 0 Å². The molecule has 0 amide bonds. The summed E-state index contributed by atoms with van der Waals surface area (Å²) in [4.78, 5) is 6.18. The molecule has 0 aliphatic heterocycles. The summed E-state index contributed by atoms with van der Waals surface area (Å²) in [6.45, 7) is 4.24. The molecule has 0 bridgehead atoms. The maximum absolute atomic E-state index is 12.4. The number of hydrogen-bond donors (Lipinski definition) is 2. The van der Waals surface area contributed by atoms with Crippen LogP contribution >= 0.6 is 11.3 Å². The van der Waals surface area contributed by atoms with E-state index >= 15 is 0 Å². The highest BCUT2D eigenvalue weighted by molar-refractivity contribution is 7.93. The van der Waals surface area contributed by atoms with E-state index < -0.39 is 10.0 Å². The molecule has 20 heavy (non-hydrogen) atoms. The maximum atomic E-state index is 12.4. The first-order valence-electron chi connectivity index (χ1n) is 6.12. The molecule has 0 unspecified atom stereocenters. The molecule has 5 nitrogen and oxygen atoms in total. The van der Waals surface area contributed by atoms with Gasteiger partial charge < -0.3 is 5.32 Å². The number of nitrogens with one attached hydrogen (secondary N) is 2. The Morgan fingerprint density at radius 3 is 2.75 bits per heavy atom. The minimum atomic E-state index is -3.57. The molecule has 0 saturated carbocycles. The molecule has 2 aromatic heterocycles. The lowest BCUT2D eigenvalue weighted by atomic mass is 10.3. The van der Waals surface area contributed by atoms with Crippen molar-refractivity contribution in [1.29, 1.82) is 0 Å². The van der Waals surface area contributed by atoms with Crippen LogP contribution in [0.15, 0.2) is 29.3 Å². The van der Waals surface area contributed by atoms with Crippen molar-refractivity contribution in [3.63, 3.8) is 0 Å². The zero-order valence-electron chi connectivity index (χ0n) is 11.6. The van der Waals surface area contributed by atoms with Gasteiger partial charge in [-0.15, -0.1) is 11.3 Å². The fraction of sp³-hybridized carbons (Fsp3) is 0.308. The van der Waals surface area contributed by atoms with Gasteiger partial charge in [-0.1, -0.05) is 0 Å². The topological polar surface area (TPSA) is 71.1 Å². The Morgan fingerprint density at radius 2 is 2.10 bits per heavy atom. The van der Waals surface area contributed by atoms with E-state index in [1.807, 2.05) is 14.0 Å². The first-order chi connectivity index (χ1) is 9.44. The molecule has 2 aromatic rings. The third kappa shape index (κ3) is 3.17. The van der Waals surface area contributed by atoms with E-state index in [0.29, 0.717) is 22.8 Å². The summed E-state index contributed by atoms with van der Waals surface area (Å²) in [5.41, 5.74) is 1.16. The third-order valence-corrected chi connectivity index (χ3v) is 5.49. The van der Waals surface area contributed by atoms with Gasteiger partial charge in [0.1, 0.15) is 4.90 Å². The van der Waals surface area contributed by atoms with Gasteiger partial charge in [-0.25, -0.2) is 8.42 Å². The fourth-order valence-corrected chi connectivity index (χ4v) is 4.61. The minimum Gasteiger partial charge on any atom is -0.315 e. The first kappa shape index (κ1) is 15.0. The summed E-state index contributed by atoms with van der Waals surface area (Å²) >= 11 is 1.48. The van der Waals surface area contributed by atoms with Crippen LogP contribution in [0.4, 0.5) is 5.69 Å². The van der Waals surface area contributed by atoms with Gasteiger partial charge in [-0.3, -0.25) is 9.71 Å². The van der Waals surface area contributed by atoms with Gasteiger partial charge in [0.15, 0.2) is 0 Å². The number of pyridine rings is 1. The van der Waals surface area contributed by atoms with Crippen molar-refractivity contribution >= 4 is 27.0 Å². The zero-order chi connectivity index (χ0) is 14.8. The fourth-order valence-electron chi connectivity index (χ4n) is 1.84. The SMILES string of the molecule is CNCc1cc(S(=O)(=O)Nc2cccnc2C)c(C)s1. The largest absolute Gasteiger partial charge is 0.315 e. The lowest BCUT2D eigenvalue weighted by Crippen LogP contribution is -2.14. The Morgan fingerprint density at radius 1 is 1.35 bits per heavy atom. The summed E-state index contributed by atoms with van der Waals surface area (Å²) in [7, 11) is -1.74. The minimum absolute atomic E-state index is 0.330. The molecule has 0 saturated heterocycles. The van der Waals surface area contributed by atoms with Crippen molar-refractivity contribution in [3.8, 4) is 0 Å². The number of aromatic nitrogens is 1. The molecular formula is C13H17N3O2S2. The number of sulfonamides is 1. The summed E-state index contributed by atoms with van der Waals surface area (Å²) in [6.07, 6.45) is 1.63. The van der Waals surface area contributed by atoms with Gasteiger partial charge >= 0.3 is 0 Å². The predicted octanol–water partition coefficient (Wildman–Crippen LogP) is 2.28. The molecule has 0 radical (unpaired) electrons. The quantitative estimate of drug-likeness (QED) is 0.888. The number of anilines is 1. The second kappa shape index (κ2) is 5.90. The summed E-state index contributed by atoms with van der Waals surface area (Å²) in [5, 5.41) is 3.02. The molecule has 7 heteroatoms. The first-order valence-corrected chi connectivity index (χ1v) is 8.42. The summed E-state index contributed by atoms with van der Waals surface area (Å²) in [6, 6.07) is 5.12. The van der Waals surface area contributed by atoms with E-state index in [0.717, 1.165) is 9.75 Å². The molecular weight excluding hydrogens is 294 g/mol. The Hall–Kier alpha value is -1.44. The smallest absolute Gasteiger partial charge is 0.263 e. The van der Waals surface area contributed by atoms with Gasteiger partial charge in [-0.05, 0) is 39.1 Å². The Bertz CT molecular complexity index is 708. The van der Waals surface area contributed by atoms with Crippen LogP contribution < -0.4 is 10.0 Å². The van der Waals surface area contributed by atoms with E-state index in [1.54, 1.807) is 31.3 Å². The van der Waals surface area contributed by atoms with Crippen molar-refractivity contribution in [3.05, 3.63) is 39.8 Å². The highest BCUT2D eigenvalue weighted by Gasteiger charge is 2.20. The maximum Gasteiger partial charge on any atom is 0.263 e. The van der Waals surface area contributed by atoms with E-state index in [2.05, 4.69) is 15.0 Å². The van der Waals surface area contributed by atoms with E-state index in [1.165, 1.54) is 11.3 Å². The van der Waals surface area contributed by atoms with Crippen molar-refractivity contribution in [2.24, 2.45) is 0 Å². The average molecular weight is 311 g/mol. The van der Waals surface area contributed by atoms with Crippen molar-refractivity contribution < 1.29 is 8.42 Å². The van der Waals surface area contributed by atoms with Crippen molar-refractivity contribution in [2.45, 2.75) is 25.3 Å². The van der Waals surface area contributed by atoms with Gasteiger partial charge in [0.25, 0.3) is 10.0 Å². The lowest BCUT2D eigenvalue weighted by molar-refractivity contribution is 0.601. The summed E-state index contributed by atoms with van der Waals surface area (Å²) < 4.78 is 27.5. The number of nitrogens with zero attached hydrogens (tertiary/aromatic N) is 1. The number of thiophene rings is 1. The van der Waals surface area contributed by atoms with Crippen LogP contribution in [0.1, 0.15) is 15.4 Å². The predicted molar refractivity (Wildman–Crippen MR) is 81.6 cm³/mol. The number of hydrogen-bond acceptors (Lipinski definition) is 5. The monoisotopic (exact) mass is 311 g/mol. The van der Waals surface area contributed by atoms with Crippen LogP contribution in [0.2, 0.25) is 0 Å². The van der Waals surface area contributed by atoms with Gasteiger partial charge in [-0.2, -0.15) is 0 Å². The number of aryl methyl sites for hydroxylation is 2. The summed E-state index contributed by atoms with van der Waals surface area (Å²) in [5.74, 6) is 0. The van der Waals surface area contributed by atoms with Crippen molar-refractivity contribution in [2.75, 3.05) is 11.8 Å². The second-order valence-electron chi connectivity index (χ2n) is 4.41. The van der Waals surface area contributed by atoms with Crippen LogP contribution in [0.5, 0.6) is 0 Å². The molecule has 2 N–H and O–H groups in total. The zero-order valence-corrected chi connectivity index (χ0v) is 13.2. The molecule has 0 atom stereocenters. The van der Waals surface area contributed by atoms with Gasteiger partial charge in [0.2, 0.25) is 0 Å². The highest BCUT2D eigenvalue weighted by atomic mass is 32.2. The highest BCUT2D eigenvalue weighted by Crippen LogP contribution is 2.27. The molecule has 0 fully saturated rings. The van der Waals surface area contributed by atoms with Crippen molar-refractivity contribution in [1.82, 2.24) is 10.3 Å². The van der Waals surface area contributed by atoms with Crippen LogP contribution in [0, 0.1) is 13.8 Å². The molecule has 0 spiro atoms. The molecule has 0 aromatic carbocycles. The van der Waals surface area contributed by atoms with Crippen LogP contribution in [-0.2, 0) is 16.6 Å².